The van der Waals surface area contributed by atoms with Crippen LogP contribution in [0, 0.1) is 11.8 Å². The number of hydroxylamine groups is 2. The van der Waals surface area contributed by atoms with Crippen LogP contribution in [0.25, 0.3) is 0 Å². The van der Waals surface area contributed by atoms with Crippen LogP contribution in [0.3, 0.4) is 0 Å². The third-order valence-corrected chi connectivity index (χ3v) is 10.5. The van der Waals surface area contributed by atoms with Crippen LogP contribution in [0.2, 0.25) is 20.1 Å². The normalized spacial score (nSPS) is 26.6. The average Bonchev–Trinajstić information content (AvgIpc) is 3.80. The van der Waals surface area contributed by atoms with Crippen LogP contribution in [0.1, 0.15) is 0 Å². The zero-order chi connectivity index (χ0) is 33.4. The van der Waals surface area contributed by atoms with Crippen molar-refractivity contribution in [2.75, 3.05) is 19.9 Å². The first-order chi connectivity index (χ1) is 23.2. The highest BCUT2D eigenvalue weighted by molar-refractivity contribution is 6.43. The number of rotatable bonds is 5. The molecule has 4 fully saturated rings. The topological polar surface area (TPSA) is 99.7 Å². The number of hydrogen-bond acceptors (Lipinski definition) is 8. The maximum Gasteiger partial charge on any atom is 0.266 e. The van der Waals surface area contributed by atoms with E-state index < -0.39 is 59.8 Å². The zero-order valence-corrected chi connectivity index (χ0v) is 27.5. The van der Waals surface area contributed by atoms with Crippen LogP contribution < -0.4 is 19.9 Å². The quantitative estimate of drug-likeness (QED) is 0.220. The van der Waals surface area contributed by atoms with E-state index in [0.717, 1.165) is 9.80 Å². The number of halogens is 4. The van der Waals surface area contributed by atoms with Crippen molar-refractivity contribution in [1.82, 2.24) is 0 Å². The van der Waals surface area contributed by atoms with Crippen molar-refractivity contribution in [3.8, 4) is 0 Å². The average molecular weight is 724 g/mol. The van der Waals surface area contributed by atoms with Gasteiger partial charge in [-0.15, -0.1) is 0 Å². The Labute approximate surface area is 293 Å². The molecule has 0 bridgehead atoms. The van der Waals surface area contributed by atoms with Gasteiger partial charge >= 0.3 is 0 Å². The zero-order valence-electron chi connectivity index (χ0n) is 24.5. The van der Waals surface area contributed by atoms with E-state index in [4.69, 9.17) is 56.1 Å². The monoisotopic (exact) mass is 722 g/mol. The fourth-order valence-electron chi connectivity index (χ4n) is 6.96. The van der Waals surface area contributed by atoms with Crippen molar-refractivity contribution in [2.45, 2.75) is 24.3 Å². The van der Waals surface area contributed by atoms with Crippen molar-refractivity contribution in [3.05, 3.63) is 117 Å². The van der Waals surface area contributed by atoms with Crippen molar-refractivity contribution >= 4 is 92.8 Å². The van der Waals surface area contributed by atoms with Gasteiger partial charge in [-0.05, 0) is 60.7 Å². The number of hydrogen-bond donors (Lipinski definition) is 0. The van der Waals surface area contributed by atoms with E-state index in [0.29, 0.717) is 11.4 Å². The molecule has 0 saturated carbocycles. The van der Waals surface area contributed by atoms with Crippen LogP contribution >= 0.6 is 46.4 Å². The molecule has 0 aliphatic carbocycles. The summed E-state index contributed by atoms with van der Waals surface area (Å²) in [5.41, 5.74) is 1.52. The van der Waals surface area contributed by atoms with Gasteiger partial charge in [-0.1, -0.05) is 82.8 Å². The second-order valence-corrected chi connectivity index (χ2v) is 13.3. The molecular weight excluding hydrogens is 702 g/mol. The molecule has 8 rings (SSSR count). The van der Waals surface area contributed by atoms with Gasteiger partial charge < -0.3 is 0 Å². The molecule has 4 aromatic rings. The molecule has 0 spiro atoms. The van der Waals surface area contributed by atoms with Crippen molar-refractivity contribution in [1.29, 1.82) is 0 Å². The lowest BCUT2D eigenvalue weighted by atomic mass is 9.82. The Morgan fingerprint density at radius 2 is 0.812 bits per heavy atom. The van der Waals surface area contributed by atoms with Gasteiger partial charge in [-0.3, -0.25) is 28.9 Å². The molecular formula is C34H22Cl4N4O6. The minimum Gasteiger partial charge on any atom is -0.273 e. The van der Waals surface area contributed by atoms with Gasteiger partial charge in [0.15, 0.2) is 12.2 Å². The molecule has 242 valence electrons. The van der Waals surface area contributed by atoms with Crippen molar-refractivity contribution < 1.29 is 28.9 Å². The Hall–Kier alpha value is -4.16. The lowest BCUT2D eigenvalue weighted by Gasteiger charge is -2.37. The molecule has 4 amide bonds. The molecule has 4 aliphatic rings. The molecule has 4 aromatic carbocycles. The number of nitrogens with zero attached hydrogens (tertiary/aromatic N) is 4. The first-order valence-corrected chi connectivity index (χ1v) is 16.3. The SMILES string of the molecule is O=C1[C@@H]2[C@@H]([C@@H]3[C@@H]4C(=O)N(c5ccc(Cl)c(Cl)c5)C(=O)[C@@H]4ON3c3ccccc3)N(c3ccccc3)O[C@H]2C(=O)N1c1ccc(Cl)c(Cl)c1. The summed E-state index contributed by atoms with van der Waals surface area (Å²) >= 11 is 24.8. The van der Waals surface area contributed by atoms with Gasteiger partial charge in [-0.2, -0.15) is 0 Å². The Bertz CT molecular complexity index is 1860. The third kappa shape index (κ3) is 4.70. The summed E-state index contributed by atoms with van der Waals surface area (Å²) in [5.74, 6) is -4.59. The lowest BCUT2D eigenvalue weighted by Crippen LogP contribution is -2.55. The molecule has 0 radical (unpaired) electrons. The first-order valence-electron chi connectivity index (χ1n) is 14.8. The predicted octanol–water partition coefficient (Wildman–Crippen LogP) is 6.36. The third-order valence-electron chi connectivity index (χ3n) is 9.02. The summed E-state index contributed by atoms with van der Waals surface area (Å²) in [6, 6.07) is 24.8. The maximum atomic E-state index is 14.4. The van der Waals surface area contributed by atoms with Crippen LogP contribution in [0.4, 0.5) is 22.7 Å². The Morgan fingerprint density at radius 3 is 1.17 bits per heavy atom. The van der Waals surface area contributed by atoms with Crippen LogP contribution in [-0.2, 0) is 28.9 Å². The number of anilines is 4. The lowest BCUT2D eigenvalue weighted by molar-refractivity contribution is -0.128. The minimum absolute atomic E-state index is 0.162. The summed E-state index contributed by atoms with van der Waals surface area (Å²) < 4.78 is 0. The van der Waals surface area contributed by atoms with E-state index in [1.165, 1.54) is 46.5 Å². The molecule has 0 aromatic heterocycles. The Morgan fingerprint density at radius 1 is 0.438 bits per heavy atom. The molecule has 10 nitrogen and oxygen atoms in total. The fraction of sp³-hybridized carbons (Fsp3) is 0.176. The molecule has 4 aliphatic heterocycles. The van der Waals surface area contributed by atoms with Gasteiger partial charge in [0.2, 0.25) is 11.8 Å². The van der Waals surface area contributed by atoms with E-state index in [-0.39, 0.29) is 31.5 Å². The van der Waals surface area contributed by atoms with Gasteiger partial charge in [0, 0.05) is 0 Å². The summed E-state index contributed by atoms with van der Waals surface area (Å²) in [5, 5.41) is 3.82. The van der Waals surface area contributed by atoms with Crippen molar-refractivity contribution in [3.63, 3.8) is 0 Å². The number of carbonyl (C=O) groups excluding carboxylic acids is 4. The number of fused-ring (bicyclic) bond motifs is 2. The maximum absolute atomic E-state index is 14.4. The van der Waals surface area contributed by atoms with Gasteiger partial charge in [-0.25, -0.2) is 19.9 Å². The molecule has 4 saturated heterocycles. The number of benzene rings is 4. The highest BCUT2D eigenvalue weighted by Crippen LogP contribution is 2.50. The number of amides is 4. The molecule has 4 heterocycles. The van der Waals surface area contributed by atoms with E-state index >= 15 is 0 Å². The summed E-state index contributed by atoms with van der Waals surface area (Å²) in [6.07, 6.45) is -2.51. The van der Waals surface area contributed by atoms with Gasteiger partial charge in [0.25, 0.3) is 11.8 Å². The van der Waals surface area contributed by atoms with E-state index in [1.807, 2.05) is 12.1 Å². The summed E-state index contributed by atoms with van der Waals surface area (Å²) in [7, 11) is 0. The highest BCUT2D eigenvalue weighted by Gasteiger charge is 2.69. The predicted molar refractivity (Wildman–Crippen MR) is 180 cm³/mol. The van der Waals surface area contributed by atoms with E-state index in [9.17, 15) is 19.2 Å². The summed E-state index contributed by atoms with van der Waals surface area (Å²) in [4.78, 5) is 71.7. The van der Waals surface area contributed by atoms with Crippen LogP contribution in [0.15, 0.2) is 97.1 Å². The first kappa shape index (κ1) is 31.1. The molecule has 48 heavy (non-hydrogen) atoms. The van der Waals surface area contributed by atoms with Gasteiger partial charge in [0.05, 0.1) is 54.9 Å². The number of para-hydroxylation sites is 2. The molecule has 0 N–H and O–H groups in total. The van der Waals surface area contributed by atoms with E-state index in [2.05, 4.69) is 0 Å². The highest BCUT2D eigenvalue weighted by atomic mass is 35.5. The second-order valence-electron chi connectivity index (χ2n) is 11.6. The Kier molecular flexibility index (Phi) is 7.63. The summed E-state index contributed by atoms with van der Waals surface area (Å²) in [6.45, 7) is 0. The molecule has 6 atom stereocenters. The molecule has 14 heteroatoms. The van der Waals surface area contributed by atoms with E-state index in [1.54, 1.807) is 48.5 Å². The van der Waals surface area contributed by atoms with Gasteiger partial charge in [0.1, 0.15) is 11.8 Å². The minimum atomic E-state index is -1.26. The number of imide groups is 2. The second kappa shape index (κ2) is 11.8. The Balaban J connectivity index is 1.27. The van der Waals surface area contributed by atoms with Crippen molar-refractivity contribution in [2.24, 2.45) is 11.8 Å². The fourth-order valence-corrected chi connectivity index (χ4v) is 7.54. The smallest absolute Gasteiger partial charge is 0.266 e. The van der Waals surface area contributed by atoms with Crippen LogP contribution in [0.5, 0.6) is 0 Å². The largest absolute Gasteiger partial charge is 0.273 e. The van der Waals surface area contributed by atoms with Crippen LogP contribution in [-0.4, -0.2) is 47.9 Å². The molecule has 0 unspecified atom stereocenters. The standard InChI is InChI=1S/C34H22Cl4N4O6/c35-21-13-11-19(15-23(21)37)39-31(43)25-27(41(47-29(25)33(39)45)17-7-3-1-4-8-17)28-26-30(48-42(28)18-9-5-2-6-10-18)34(46)40(32(26)44)20-12-14-22(36)24(38)16-20/h1-16,25-30H/t25-,26+,27-,28-,29+,30+/m0/s1. The number of carbonyl (C=O) groups is 4.